The van der Waals surface area contributed by atoms with Crippen LogP contribution < -0.4 is 10.5 Å². The molecule has 0 aliphatic carbocycles. The molecule has 0 bridgehead atoms. The van der Waals surface area contributed by atoms with E-state index < -0.39 is 0 Å². The number of phenolic OH excluding ortho intramolecular Hbond substituents is 1. The Morgan fingerprint density at radius 3 is 2.62 bits per heavy atom. The molecule has 1 N–H and O–H groups in total. The van der Waals surface area contributed by atoms with Gasteiger partial charge < -0.3 is 14.6 Å². The minimum absolute atomic E-state index is 0.0915. The van der Waals surface area contributed by atoms with Gasteiger partial charge in [-0.3, -0.25) is 9.69 Å². The number of aryl methyl sites for hydroxylation is 1. The van der Waals surface area contributed by atoms with E-state index in [-0.39, 0.29) is 11.3 Å². The number of nitriles is 1. The molecule has 29 heavy (non-hydrogen) atoms. The van der Waals surface area contributed by atoms with Gasteiger partial charge in [0.25, 0.3) is 5.56 Å². The summed E-state index contributed by atoms with van der Waals surface area (Å²) in [5.41, 5.74) is 3.38. The number of benzene rings is 1. The molecular formula is C21H20ClN5O2. The van der Waals surface area contributed by atoms with Gasteiger partial charge in [-0.1, -0.05) is 17.7 Å². The predicted molar refractivity (Wildman–Crippen MR) is 112 cm³/mol. The lowest BCUT2D eigenvalue weighted by atomic mass is 10.1. The fourth-order valence-corrected chi connectivity index (χ4v) is 3.79. The van der Waals surface area contributed by atoms with Gasteiger partial charge in [0.1, 0.15) is 23.0 Å². The molecule has 8 heteroatoms. The van der Waals surface area contributed by atoms with E-state index in [9.17, 15) is 15.2 Å². The van der Waals surface area contributed by atoms with E-state index in [0.29, 0.717) is 28.3 Å². The molecule has 148 valence electrons. The van der Waals surface area contributed by atoms with Crippen molar-refractivity contribution in [1.29, 1.82) is 5.26 Å². The molecule has 7 nitrogen and oxygen atoms in total. The fraction of sp³-hybridized carbons (Fsp3) is 0.286. The Balaban J connectivity index is 1.56. The summed E-state index contributed by atoms with van der Waals surface area (Å²) in [7, 11) is 1.71. The van der Waals surface area contributed by atoms with Crippen molar-refractivity contribution in [3.05, 3.63) is 63.0 Å². The molecule has 0 amide bonds. The summed E-state index contributed by atoms with van der Waals surface area (Å²) < 4.78 is 1.55. The number of halogens is 1. The van der Waals surface area contributed by atoms with E-state index >= 15 is 0 Å². The lowest BCUT2D eigenvalue weighted by Gasteiger charge is -2.36. The highest BCUT2D eigenvalue weighted by Gasteiger charge is 2.21. The lowest BCUT2D eigenvalue weighted by Crippen LogP contribution is -2.46. The number of phenols is 1. The minimum atomic E-state index is -0.0990. The van der Waals surface area contributed by atoms with Crippen molar-refractivity contribution in [2.24, 2.45) is 7.05 Å². The van der Waals surface area contributed by atoms with Crippen LogP contribution in [0.4, 0.5) is 5.69 Å². The normalized spacial score (nSPS) is 14.9. The summed E-state index contributed by atoms with van der Waals surface area (Å²) in [6.45, 7) is 3.80. The first kappa shape index (κ1) is 19.2. The Kier molecular flexibility index (Phi) is 5.14. The minimum Gasteiger partial charge on any atom is -0.506 e. The third kappa shape index (κ3) is 3.77. The molecule has 1 fully saturated rings. The molecule has 2 aromatic heterocycles. The van der Waals surface area contributed by atoms with Gasteiger partial charge in [-0.25, -0.2) is 4.98 Å². The molecule has 3 aromatic rings. The number of aromatic hydroxyl groups is 1. The first-order chi connectivity index (χ1) is 14.0. The third-order valence-corrected chi connectivity index (χ3v) is 5.63. The van der Waals surface area contributed by atoms with Gasteiger partial charge in [0, 0.05) is 45.8 Å². The number of hydrogen-bond acceptors (Lipinski definition) is 6. The van der Waals surface area contributed by atoms with Crippen molar-refractivity contribution in [1.82, 2.24) is 14.5 Å². The summed E-state index contributed by atoms with van der Waals surface area (Å²) in [5.74, 6) is 0.0915. The van der Waals surface area contributed by atoms with Crippen molar-refractivity contribution in [2.45, 2.75) is 6.54 Å². The zero-order valence-corrected chi connectivity index (χ0v) is 16.7. The Hall–Kier alpha value is -3.08. The second-order valence-corrected chi connectivity index (χ2v) is 7.56. The van der Waals surface area contributed by atoms with Gasteiger partial charge in [-0.05, 0) is 29.8 Å². The number of fused-ring (bicyclic) bond motifs is 1. The lowest BCUT2D eigenvalue weighted by molar-refractivity contribution is 0.249. The van der Waals surface area contributed by atoms with Crippen LogP contribution in [0.2, 0.25) is 5.02 Å². The highest BCUT2D eigenvalue weighted by molar-refractivity contribution is 6.32. The first-order valence-electron chi connectivity index (χ1n) is 9.32. The molecule has 1 saturated heterocycles. The van der Waals surface area contributed by atoms with Crippen molar-refractivity contribution in [3.63, 3.8) is 0 Å². The average Bonchev–Trinajstić information content (AvgIpc) is 2.73. The highest BCUT2D eigenvalue weighted by Crippen LogP contribution is 2.26. The number of rotatable bonds is 3. The van der Waals surface area contributed by atoms with Crippen molar-refractivity contribution in [3.8, 4) is 11.8 Å². The van der Waals surface area contributed by atoms with Crippen molar-refractivity contribution < 1.29 is 5.11 Å². The van der Waals surface area contributed by atoms with Crippen LogP contribution in [0.15, 0.2) is 41.2 Å². The molecule has 3 heterocycles. The van der Waals surface area contributed by atoms with E-state index in [1.54, 1.807) is 41.9 Å². The summed E-state index contributed by atoms with van der Waals surface area (Å²) in [6, 6.07) is 12.4. The van der Waals surface area contributed by atoms with E-state index in [0.717, 1.165) is 37.4 Å². The fourth-order valence-electron chi connectivity index (χ4n) is 3.68. The molecule has 0 unspecified atom stereocenters. The monoisotopic (exact) mass is 409 g/mol. The van der Waals surface area contributed by atoms with E-state index in [1.165, 1.54) is 0 Å². The van der Waals surface area contributed by atoms with Gasteiger partial charge in [0.2, 0.25) is 0 Å². The number of pyridine rings is 2. The number of hydrogen-bond donors (Lipinski definition) is 1. The maximum atomic E-state index is 12.4. The SMILES string of the molecule is Cn1c(=O)cc(N2CCN(Cc3ccc(Cl)c(O)c3)CC2)c2nc(C#N)ccc21. The Labute approximate surface area is 173 Å². The summed E-state index contributed by atoms with van der Waals surface area (Å²) in [4.78, 5) is 21.3. The maximum Gasteiger partial charge on any atom is 0.252 e. The Morgan fingerprint density at radius 1 is 1.17 bits per heavy atom. The van der Waals surface area contributed by atoms with Crippen molar-refractivity contribution in [2.75, 3.05) is 31.1 Å². The smallest absolute Gasteiger partial charge is 0.252 e. The Morgan fingerprint density at radius 2 is 1.93 bits per heavy atom. The van der Waals surface area contributed by atoms with E-state index in [4.69, 9.17) is 11.6 Å². The molecule has 0 saturated carbocycles. The van der Waals surface area contributed by atoms with Crippen LogP contribution in [0.5, 0.6) is 5.75 Å². The molecular weight excluding hydrogens is 390 g/mol. The van der Waals surface area contributed by atoms with Crippen LogP contribution in [0, 0.1) is 11.3 Å². The second-order valence-electron chi connectivity index (χ2n) is 7.15. The van der Waals surface area contributed by atoms with Crippen molar-refractivity contribution >= 4 is 28.3 Å². The quantitative estimate of drug-likeness (QED) is 0.715. The number of aromatic nitrogens is 2. The molecule has 4 rings (SSSR count). The summed E-state index contributed by atoms with van der Waals surface area (Å²) in [5, 5.41) is 19.3. The summed E-state index contributed by atoms with van der Waals surface area (Å²) in [6.07, 6.45) is 0. The molecule has 0 spiro atoms. The second kappa shape index (κ2) is 7.74. The molecule has 1 aromatic carbocycles. The zero-order valence-electron chi connectivity index (χ0n) is 16.0. The standard InChI is InChI=1S/C21H20ClN5O2/c1-25-17-5-3-15(12-23)24-21(17)18(11-20(25)29)27-8-6-26(7-9-27)13-14-2-4-16(22)19(28)10-14/h2-5,10-11,28H,6-9,13H2,1H3. The number of nitrogens with zero attached hydrogens (tertiary/aromatic N) is 5. The number of piperazine rings is 1. The van der Waals surface area contributed by atoms with Gasteiger partial charge >= 0.3 is 0 Å². The van der Waals surface area contributed by atoms with E-state index in [2.05, 4.69) is 20.9 Å². The predicted octanol–water partition coefficient (Wildman–Crippen LogP) is 2.49. The zero-order chi connectivity index (χ0) is 20.5. The molecule has 0 atom stereocenters. The van der Waals surface area contributed by atoms with Gasteiger partial charge in [0.05, 0.1) is 16.2 Å². The maximum absolute atomic E-state index is 12.4. The number of anilines is 1. The first-order valence-corrected chi connectivity index (χ1v) is 9.69. The molecule has 1 aliphatic heterocycles. The van der Waals surface area contributed by atoms with Crippen LogP contribution in [-0.2, 0) is 13.6 Å². The third-order valence-electron chi connectivity index (χ3n) is 5.31. The largest absolute Gasteiger partial charge is 0.506 e. The van der Waals surface area contributed by atoms with Crippen LogP contribution in [0.3, 0.4) is 0 Å². The van der Waals surface area contributed by atoms with Gasteiger partial charge in [0.15, 0.2) is 0 Å². The molecule has 1 aliphatic rings. The van der Waals surface area contributed by atoms with Gasteiger partial charge in [-0.2, -0.15) is 5.26 Å². The summed E-state index contributed by atoms with van der Waals surface area (Å²) >= 11 is 5.88. The van der Waals surface area contributed by atoms with Crippen LogP contribution in [0.25, 0.3) is 11.0 Å². The molecule has 0 radical (unpaired) electrons. The van der Waals surface area contributed by atoms with Gasteiger partial charge in [-0.15, -0.1) is 0 Å². The highest BCUT2D eigenvalue weighted by atomic mass is 35.5. The van der Waals surface area contributed by atoms with E-state index in [1.807, 2.05) is 6.07 Å². The topological polar surface area (TPSA) is 85.4 Å². The Bertz CT molecular complexity index is 1180. The van der Waals surface area contributed by atoms with Crippen LogP contribution in [-0.4, -0.2) is 45.7 Å². The average molecular weight is 410 g/mol. The van der Waals surface area contributed by atoms with Crippen LogP contribution in [0.1, 0.15) is 11.3 Å². The van der Waals surface area contributed by atoms with Crippen LogP contribution >= 0.6 is 11.6 Å².